The van der Waals surface area contributed by atoms with Crippen LogP contribution in [0.25, 0.3) is 0 Å². The number of hydrogen-bond acceptors (Lipinski definition) is 4. The number of benzene rings is 4. The predicted molar refractivity (Wildman–Crippen MR) is 166 cm³/mol. The number of hydrogen-bond donors (Lipinski definition) is 3. The first-order chi connectivity index (χ1) is 21.7. The van der Waals surface area contributed by atoms with Crippen molar-refractivity contribution >= 4 is 11.8 Å². The molecule has 3 N–H and O–H groups in total. The van der Waals surface area contributed by atoms with E-state index in [0.29, 0.717) is 29.7 Å². The molecule has 6 nitrogen and oxygen atoms in total. The Kier molecular flexibility index (Phi) is 10.3. The standard InChI is InChI=1S/C36H36F3N3O3/c37-36(38,39)30-17-7-12-26(20-30)23-40-24-33(43)31(21-25-10-3-1-4-11-25)41-34(44)28-15-8-16-29(22-28)35(45)42-19-9-18-32(42)27-13-5-2-6-14-27/h1-8,10-17,20,22,31-33,40,43H,9,18-19,21,23-24H2,(H,41,44)/t31-,32?,33-/m0/s1. The van der Waals surface area contributed by atoms with Gasteiger partial charge in [-0.25, -0.2) is 0 Å². The number of aliphatic hydroxyl groups is 1. The van der Waals surface area contributed by atoms with Gasteiger partial charge in [-0.1, -0.05) is 84.9 Å². The molecular weight excluding hydrogens is 579 g/mol. The second kappa shape index (κ2) is 14.5. The van der Waals surface area contributed by atoms with Gasteiger partial charge in [0.05, 0.1) is 23.8 Å². The summed E-state index contributed by atoms with van der Waals surface area (Å²) in [4.78, 5) is 28.9. The van der Waals surface area contributed by atoms with Crippen LogP contribution in [0.15, 0.2) is 109 Å². The highest BCUT2D eigenvalue weighted by Crippen LogP contribution is 2.33. The average Bonchev–Trinajstić information content (AvgIpc) is 3.55. The minimum atomic E-state index is -4.44. The van der Waals surface area contributed by atoms with Crippen LogP contribution < -0.4 is 10.6 Å². The summed E-state index contributed by atoms with van der Waals surface area (Å²) in [5, 5.41) is 17.1. The molecule has 0 spiro atoms. The summed E-state index contributed by atoms with van der Waals surface area (Å²) in [5.74, 6) is -0.584. The molecule has 234 valence electrons. The Morgan fingerprint density at radius 1 is 0.844 bits per heavy atom. The molecule has 1 saturated heterocycles. The third-order valence-electron chi connectivity index (χ3n) is 8.09. The fourth-order valence-corrected chi connectivity index (χ4v) is 5.76. The van der Waals surface area contributed by atoms with Crippen molar-refractivity contribution in [2.75, 3.05) is 13.1 Å². The van der Waals surface area contributed by atoms with E-state index in [1.54, 1.807) is 30.3 Å². The van der Waals surface area contributed by atoms with Crippen LogP contribution in [0.2, 0.25) is 0 Å². The third-order valence-corrected chi connectivity index (χ3v) is 8.09. The Morgan fingerprint density at radius 2 is 1.51 bits per heavy atom. The smallest absolute Gasteiger partial charge is 0.390 e. The van der Waals surface area contributed by atoms with Gasteiger partial charge in [-0.05, 0) is 60.2 Å². The van der Waals surface area contributed by atoms with Gasteiger partial charge in [0.15, 0.2) is 0 Å². The van der Waals surface area contributed by atoms with Gasteiger partial charge >= 0.3 is 6.18 Å². The maximum absolute atomic E-state index is 13.6. The Hall–Kier alpha value is -4.47. The zero-order valence-electron chi connectivity index (χ0n) is 24.7. The maximum Gasteiger partial charge on any atom is 0.416 e. The van der Waals surface area contributed by atoms with Crippen molar-refractivity contribution in [3.05, 3.63) is 143 Å². The Labute approximate surface area is 260 Å². The molecular formula is C36H36F3N3O3. The van der Waals surface area contributed by atoms with E-state index in [-0.39, 0.29) is 25.0 Å². The molecule has 0 saturated carbocycles. The summed E-state index contributed by atoms with van der Waals surface area (Å²) in [7, 11) is 0. The van der Waals surface area contributed by atoms with Crippen LogP contribution in [0, 0.1) is 0 Å². The number of nitrogens with one attached hydrogen (secondary N) is 2. The average molecular weight is 616 g/mol. The van der Waals surface area contributed by atoms with Gasteiger partial charge in [0.1, 0.15) is 0 Å². The lowest BCUT2D eigenvalue weighted by atomic mass is 10.00. The lowest BCUT2D eigenvalue weighted by Crippen LogP contribution is -2.48. The number of rotatable bonds is 11. The lowest BCUT2D eigenvalue weighted by molar-refractivity contribution is -0.137. The SMILES string of the molecule is O=C(N[C@@H](Cc1ccccc1)[C@@H](O)CNCc1cccc(C(F)(F)F)c1)c1cccc(C(=O)N2CCCC2c2ccccc2)c1. The van der Waals surface area contributed by atoms with Crippen LogP contribution in [0.4, 0.5) is 13.2 Å². The maximum atomic E-state index is 13.6. The van der Waals surface area contributed by atoms with Crippen LogP contribution in [-0.2, 0) is 19.1 Å². The molecule has 9 heteroatoms. The molecule has 45 heavy (non-hydrogen) atoms. The van der Waals surface area contributed by atoms with Gasteiger partial charge in [-0.3, -0.25) is 9.59 Å². The van der Waals surface area contributed by atoms with E-state index in [0.717, 1.165) is 36.1 Å². The summed E-state index contributed by atoms with van der Waals surface area (Å²) < 4.78 is 39.3. The molecule has 1 heterocycles. The number of likely N-dealkylation sites (tertiary alicyclic amines) is 1. The molecule has 0 radical (unpaired) electrons. The van der Waals surface area contributed by atoms with E-state index in [1.165, 1.54) is 6.07 Å². The van der Waals surface area contributed by atoms with E-state index >= 15 is 0 Å². The van der Waals surface area contributed by atoms with Crippen molar-refractivity contribution in [2.45, 2.75) is 50.2 Å². The number of nitrogens with zero attached hydrogens (tertiary/aromatic N) is 1. The normalized spacial score (nSPS) is 16.3. The van der Waals surface area contributed by atoms with E-state index in [4.69, 9.17) is 0 Å². The summed E-state index contributed by atoms with van der Waals surface area (Å²) in [5.41, 5.74) is 2.36. The second-order valence-corrected chi connectivity index (χ2v) is 11.3. The Bertz CT molecular complexity index is 1580. The van der Waals surface area contributed by atoms with Gasteiger partial charge in [0.25, 0.3) is 11.8 Å². The van der Waals surface area contributed by atoms with E-state index < -0.39 is 29.8 Å². The van der Waals surface area contributed by atoms with Gasteiger partial charge in [-0.2, -0.15) is 13.2 Å². The lowest BCUT2D eigenvalue weighted by Gasteiger charge is -2.26. The number of halogens is 3. The third kappa shape index (κ3) is 8.38. The first-order valence-corrected chi connectivity index (χ1v) is 15.0. The van der Waals surface area contributed by atoms with E-state index in [1.807, 2.05) is 65.6 Å². The van der Waals surface area contributed by atoms with Gasteiger partial charge in [0.2, 0.25) is 0 Å². The Balaban J connectivity index is 1.27. The molecule has 5 rings (SSSR count). The van der Waals surface area contributed by atoms with E-state index in [9.17, 15) is 27.9 Å². The molecule has 4 aromatic carbocycles. The summed E-state index contributed by atoms with van der Waals surface area (Å²) in [6, 6.07) is 30.1. The minimum Gasteiger partial charge on any atom is -0.390 e. The fourth-order valence-electron chi connectivity index (χ4n) is 5.76. The highest BCUT2D eigenvalue weighted by atomic mass is 19.4. The largest absolute Gasteiger partial charge is 0.416 e. The number of amides is 2. The molecule has 1 fully saturated rings. The molecule has 3 atom stereocenters. The minimum absolute atomic E-state index is 0.0231. The van der Waals surface area contributed by atoms with Crippen molar-refractivity contribution in [3.63, 3.8) is 0 Å². The van der Waals surface area contributed by atoms with Crippen LogP contribution in [0.1, 0.15) is 61.9 Å². The first kappa shape index (κ1) is 31.9. The van der Waals surface area contributed by atoms with Crippen molar-refractivity contribution < 1.29 is 27.9 Å². The fraction of sp³-hybridized carbons (Fsp3) is 0.278. The molecule has 2 amide bonds. The zero-order chi connectivity index (χ0) is 31.8. The molecule has 0 bridgehead atoms. The zero-order valence-corrected chi connectivity index (χ0v) is 24.7. The number of alkyl halides is 3. The number of carbonyl (C=O) groups is 2. The Morgan fingerprint density at radius 3 is 2.24 bits per heavy atom. The molecule has 0 aromatic heterocycles. The topological polar surface area (TPSA) is 81.7 Å². The second-order valence-electron chi connectivity index (χ2n) is 11.3. The number of aliphatic hydroxyl groups excluding tert-OH is 1. The van der Waals surface area contributed by atoms with Gasteiger partial charge < -0.3 is 20.6 Å². The van der Waals surface area contributed by atoms with Crippen molar-refractivity contribution in [1.82, 2.24) is 15.5 Å². The highest BCUT2D eigenvalue weighted by Gasteiger charge is 2.32. The number of carbonyl (C=O) groups excluding carboxylic acids is 2. The van der Waals surface area contributed by atoms with Crippen LogP contribution >= 0.6 is 0 Å². The predicted octanol–water partition coefficient (Wildman–Crippen LogP) is 6.17. The summed E-state index contributed by atoms with van der Waals surface area (Å²) in [6.45, 7) is 0.771. The molecule has 4 aromatic rings. The van der Waals surface area contributed by atoms with Crippen LogP contribution in [0.3, 0.4) is 0 Å². The van der Waals surface area contributed by atoms with Crippen molar-refractivity contribution in [1.29, 1.82) is 0 Å². The van der Waals surface area contributed by atoms with Gasteiger partial charge in [-0.15, -0.1) is 0 Å². The summed E-state index contributed by atoms with van der Waals surface area (Å²) in [6.07, 6.45) is -3.41. The van der Waals surface area contributed by atoms with Crippen molar-refractivity contribution in [2.24, 2.45) is 0 Å². The molecule has 0 aliphatic carbocycles. The summed E-state index contributed by atoms with van der Waals surface area (Å²) >= 11 is 0. The van der Waals surface area contributed by atoms with Crippen LogP contribution in [0.5, 0.6) is 0 Å². The van der Waals surface area contributed by atoms with Crippen molar-refractivity contribution in [3.8, 4) is 0 Å². The monoisotopic (exact) mass is 615 g/mol. The molecule has 1 aliphatic rings. The molecule has 1 unspecified atom stereocenters. The molecule has 1 aliphatic heterocycles. The van der Waals surface area contributed by atoms with Gasteiger partial charge in [0, 0.05) is 30.8 Å². The highest BCUT2D eigenvalue weighted by molar-refractivity contribution is 6.00. The first-order valence-electron chi connectivity index (χ1n) is 15.0. The van der Waals surface area contributed by atoms with Crippen LogP contribution in [-0.4, -0.2) is 47.1 Å². The quantitative estimate of drug-likeness (QED) is 0.188. The van der Waals surface area contributed by atoms with E-state index in [2.05, 4.69) is 10.6 Å².